The third-order valence-corrected chi connectivity index (χ3v) is 3.87. The number of carboxylic acids is 1. The number of hydrogen-bond donors (Lipinski definition) is 1. The van der Waals surface area contributed by atoms with Crippen LogP contribution in [-0.2, 0) is 20.7 Å². The number of para-hydroxylation sites is 1. The molecule has 2 atom stereocenters. The van der Waals surface area contributed by atoms with Crippen LogP contribution < -0.4 is 4.74 Å². The van der Waals surface area contributed by atoms with Crippen molar-refractivity contribution >= 4 is 11.8 Å². The lowest BCUT2D eigenvalue weighted by atomic mass is 9.84. The SMILES string of the molecule is COC1Oc2c(CC(=O)O)cccc2C(c2ccccc2)C1=O. The fourth-order valence-electron chi connectivity index (χ4n) is 2.89. The molecule has 0 aliphatic carbocycles. The summed E-state index contributed by atoms with van der Waals surface area (Å²) in [7, 11) is 1.40. The molecule has 0 fully saturated rings. The number of benzene rings is 2. The van der Waals surface area contributed by atoms with Crippen molar-refractivity contribution in [1.29, 1.82) is 0 Å². The Labute approximate surface area is 133 Å². The minimum absolute atomic E-state index is 0.171. The normalized spacial score (nSPS) is 19.8. The zero-order valence-corrected chi connectivity index (χ0v) is 12.6. The summed E-state index contributed by atoms with van der Waals surface area (Å²) in [5.41, 5.74) is 2.04. The van der Waals surface area contributed by atoms with Gasteiger partial charge in [-0.1, -0.05) is 48.5 Å². The number of rotatable bonds is 4. The molecule has 5 nitrogen and oxygen atoms in total. The number of carbonyl (C=O) groups is 2. The van der Waals surface area contributed by atoms with Gasteiger partial charge in [-0.05, 0) is 5.56 Å². The zero-order chi connectivity index (χ0) is 16.4. The largest absolute Gasteiger partial charge is 0.481 e. The number of fused-ring (bicyclic) bond motifs is 1. The highest BCUT2D eigenvalue weighted by Gasteiger charge is 2.39. The molecule has 2 aromatic rings. The van der Waals surface area contributed by atoms with Gasteiger partial charge < -0.3 is 14.6 Å². The first kappa shape index (κ1) is 15.2. The highest BCUT2D eigenvalue weighted by Crippen LogP contribution is 2.40. The van der Waals surface area contributed by atoms with Crippen LogP contribution >= 0.6 is 0 Å². The van der Waals surface area contributed by atoms with Gasteiger partial charge in [0.15, 0.2) is 0 Å². The predicted molar refractivity (Wildman–Crippen MR) is 82.5 cm³/mol. The lowest BCUT2D eigenvalue weighted by Gasteiger charge is -2.31. The number of carboxylic acid groups (broad SMARTS) is 1. The van der Waals surface area contributed by atoms with Gasteiger partial charge >= 0.3 is 5.97 Å². The van der Waals surface area contributed by atoms with E-state index in [9.17, 15) is 9.59 Å². The molecule has 5 heteroatoms. The maximum atomic E-state index is 12.7. The molecule has 3 rings (SSSR count). The molecule has 0 amide bonds. The summed E-state index contributed by atoms with van der Waals surface area (Å²) in [6.07, 6.45) is -1.21. The van der Waals surface area contributed by atoms with Crippen LogP contribution in [0.2, 0.25) is 0 Å². The van der Waals surface area contributed by atoms with Crippen LogP contribution in [0.1, 0.15) is 22.6 Å². The third-order valence-electron chi connectivity index (χ3n) is 3.87. The average Bonchev–Trinajstić information content (AvgIpc) is 2.55. The van der Waals surface area contributed by atoms with Gasteiger partial charge in [0.25, 0.3) is 6.29 Å². The summed E-state index contributed by atoms with van der Waals surface area (Å²) in [6.45, 7) is 0. The van der Waals surface area contributed by atoms with Gasteiger partial charge in [0, 0.05) is 18.2 Å². The summed E-state index contributed by atoms with van der Waals surface area (Å²) in [5, 5.41) is 9.07. The fourth-order valence-corrected chi connectivity index (χ4v) is 2.89. The van der Waals surface area contributed by atoms with E-state index in [2.05, 4.69) is 0 Å². The molecule has 2 unspecified atom stereocenters. The van der Waals surface area contributed by atoms with E-state index >= 15 is 0 Å². The molecule has 0 aromatic heterocycles. The molecule has 0 bridgehead atoms. The lowest BCUT2D eigenvalue weighted by molar-refractivity contribution is -0.149. The summed E-state index contributed by atoms with van der Waals surface area (Å²) in [4.78, 5) is 23.8. The Balaban J connectivity index is 2.15. The van der Waals surface area contributed by atoms with Crippen molar-refractivity contribution in [1.82, 2.24) is 0 Å². The van der Waals surface area contributed by atoms with Crippen LogP contribution in [0, 0.1) is 0 Å². The number of ether oxygens (including phenoxy) is 2. The Morgan fingerprint density at radius 3 is 2.57 bits per heavy atom. The molecular weight excluding hydrogens is 296 g/mol. The van der Waals surface area contributed by atoms with Crippen molar-refractivity contribution in [2.24, 2.45) is 0 Å². The van der Waals surface area contributed by atoms with Gasteiger partial charge in [-0.25, -0.2) is 0 Å². The number of hydrogen-bond acceptors (Lipinski definition) is 4. The Hall–Kier alpha value is -2.66. The van der Waals surface area contributed by atoms with Crippen molar-refractivity contribution in [3.8, 4) is 5.75 Å². The first-order chi connectivity index (χ1) is 11.1. The Bertz CT molecular complexity index is 738. The predicted octanol–water partition coefficient (Wildman–Crippen LogP) is 2.38. The maximum absolute atomic E-state index is 12.7. The van der Waals surface area contributed by atoms with Crippen molar-refractivity contribution < 1.29 is 24.2 Å². The summed E-state index contributed by atoms with van der Waals surface area (Å²) in [6, 6.07) is 14.6. The lowest BCUT2D eigenvalue weighted by Crippen LogP contribution is -2.38. The standard InChI is InChI=1S/C18H16O5/c1-22-18-16(21)15(11-6-3-2-4-7-11)13-9-5-8-12(10-14(19)20)17(13)23-18/h2-9,15,18H,10H2,1H3,(H,19,20). The van der Waals surface area contributed by atoms with E-state index in [0.29, 0.717) is 16.9 Å². The highest BCUT2D eigenvalue weighted by molar-refractivity contribution is 5.94. The third kappa shape index (κ3) is 2.83. The van der Waals surface area contributed by atoms with Crippen molar-refractivity contribution in [3.63, 3.8) is 0 Å². The molecule has 2 aromatic carbocycles. The average molecular weight is 312 g/mol. The van der Waals surface area contributed by atoms with Gasteiger partial charge in [-0.3, -0.25) is 9.59 Å². The van der Waals surface area contributed by atoms with E-state index in [4.69, 9.17) is 14.6 Å². The van der Waals surface area contributed by atoms with E-state index in [1.54, 1.807) is 18.2 Å². The second-order valence-electron chi connectivity index (χ2n) is 5.34. The van der Waals surface area contributed by atoms with Crippen LogP contribution in [0.15, 0.2) is 48.5 Å². The van der Waals surface area contributed by atoms with Gasteiger partial charge in [-0.2, -0.15) is 0 Å². The van der Waals surface area contributed by atoms with Crippen molar-refractivity contribution in [2.45, 2.75) is 18.6 Å². The first-order valence-electron chi connectivity index (χ1n) is 7.23. The van der Waals surface area contributed by atoms with Gasteiger partial charge in [0.2, 0.25) is 5.78 Å². The Morgan fingerprint density at radius 2 is 1.91 bits per heavy atom. The molecule has 0 spiro atoms. The molecule has 0 saturated carbocycles. The number of carbonyl (C=O) groups excluding carboxylic acids is 1. The minimum atomic E-state index is -1.04. The molecule has 23 heavy (non-hydrogen) atoms. The maximum Gasteiger partial charge on any atom is 0.307 e. The van der Waals surface area contributed by atoms with Crippen LogP contribution in [0.25, 0.3) is 0 Å². The van der Waals surface area contributed by atoms with Gasteiger partial charge in [0.1, 0.15) is 5.75 Å². The molecule has 118 valence electrons. The van der Waals surface area contributed by atoms with Crippen molar-refractivity contribution in [2.75, 3.05) is 7.11 Å². The van der Waals surface area contributed by atoms with E-state index < -0.39 is 18.2 Å². The van der Waals surface area contributed by atoms with Crippen LogP contribution in [0.4, 0.5) is 0 Å². The van der Waals surface area contributed by atoms with Gasteiger partial charge in [0.05, 0.1) is 12.3 Å². The van der Waals surface area contributed by atoms with Crippen LogP contribution in [-0.4, -0.2) is 30.3 Å². The van der Waals surface area contributed by atoms with Gasteiger partial charge in [-0.15, -0.1) is 0 Å². The molecule has 1 N–H and O–H groups in total. The van der Waals surface area contributed by atoms with E-state index in [-0.39, 0.29) is 12.2 Å². The second kappa shape index (κ2) is 6.22. The number of methoxy groups -OCH3 is 1. The summed E-state index contributed by atoms with van der Waals surface area (Å²) in [5.74, 6) is -1.25. The molecule has 1 aliphatic rings. The minimum Gasteiger partial charge on any atom is -0.481 e. The molecular formula is C18H16O5. The highest BCUT2D eigenvalue weighted by atomic mass is 16.7. The van der Waals surface area contributed by atoms with E-state index in [1.807, 2.05) is 30.3 Å². The monoisotopic (exact) mass is 312 g/mol. The van der Waals surface area contributed by atoms with Crippen LogP contribution in [0.5, 0.6) is 5.75 Å². The summed E-state index contributed by atoms with van der Waals surface area (Å²) >= 11 is 0. The molecule has 1 aliphatic heterocycles. The molecule has 0 saturated heterocycles. The summed E-state index contributed by atoms with van der Waals surface area (Å²) < 4.78 is 10.8. The smallest absolute Gasteiger partial charge is 0.307 e. The first-order valence-corrected chi connectivity index (χ1v) is 7.23. The molecule has 1 heterocycles. The number of aliphatic carboxylic acids is 1. The zero-order valence-electron chi connectivity index (χ0n) is 12.6. The Kier molecular flexibility index (Phi) is 4.12. The van der Waals surface area contributed by atoms with E-state index in [0.717, 1.165) is 5.56 Å². The second-order valence-corrected chi connectivity index (χ2v) is 5.34. The van der Waals surface area contributed by atoms with Crippen LogP contribution in [0.3, 0.4) is 0 Å². The van der Waals surface area contributed by atoms with Crippen molar-refractivity contribution in [3.05, 3.63) is 65.2 Å². The Morgan fingerprint density at radius 1 is 1.17 bits per heavy atom. The topological polar surface area (TPSA) is 72.8 Å². The quantitative estimate of drug-likeness (QED) is 0.938. The molecule has 0 radical (unpaired) electrons. The number of ketones is 1. The fraction of sp³-hybridized carbons (Fsp3) is 0.222. The van der Waals surface area contributed by atoms with E-state index in [1.165, 1.54) is 7.11 Å². The number of Topliss-reactive ketones (excluding diaryl/α,β-unsaturated/α-hetero) is 1.